The standard InChI is InChI=1S/C16H21F8N2O3P/c1-3-26(4-2)12-7-5-6-11(8-12)25-30(27,28-9-15(21,22)13(17)18)29-10-16(23,24)14(19)20/h5-8,13-14H,3-4,9-10H2,1-2H3,(H,25,27). The average Bonchev–Trinajstić information content (AvgIpc) is 2.66. The number of alkyl halides is 8. The van der Waals surface area contributed by atoms with E-state index in [9.17, 15) is 39.7 Å². The van der Waals surface area contributed by atoms with Crippen LogP contribution in [0.25, 0.3) is 0 Å². The lowest BCUT2D eigenvalue weighted by molar-refractivity contribution is -0.158. The average molecular weight is 472 g/mol. The molecule has 0 aliphatic rings. The highest BCUT2D eigenvalue weighted by Crippen LogP contribution is 2.50. The van der Waals surface area contributed by atoms with E-state index in [1.54, 1.807) is 6.07 Å². The molecule has 0 radical (unpaired) electrons. The van der Waals surface area contributed by atoms with Gasteiger partial charge in [-0.15, -0.1) is 0 Å². The first-order valence-corrected chi connectivity index (χ1v) is 10.1. The van der Waals surface area contributed by atoms with E-state index in [0.717, 1.165) is 0 Å². The Balaban J connectivity index is 3.11. The van der Waals surface area contributed by atoms with Crippen LogP contribution in [0.3, 0.4) is 0 Å². The molecule has 0 unspecified atom stereocenters. The van der Waals surface area contributed by atoms with Gasteiger partial charge in [-0.25, -0.2) is 22.1 Å². The Morgan fingerprint density at radius 2 is 1.43 bits per heavy atom. The molecular weight excluding hydrogens is 451 g/mol. The van der Waals surface area contributed by atoms with Crippen molar-refractivity contribution >= 4 is 19.1 Å². The van der Waals surface area contributed by atoms with E-state index in [1.807, 2.05) is 23.8 Å². The minimum Gasteiger partial charge on any atom is -0.372 e. The molecule has 1 rings (SSSR count). The first-order valence-electron chi connectivity index (χ1n) is 8.60. The summed E-state index contributed by atoms with van der Waals surface area (Å²) in [5.74, 6) is -9.57. The summed E-state index contributed by atoms with van der Waals surface area (Å²) >= 11 is 0. The quantitative estimate of drug-likeness (QED) is 0.287. The number of halogens is 8. The van der Waals surface area contributed by atoms with Gasteiger partial charge in [0.15, 0.2) is 0 Å². The van der Waals surface area contributed by atoms with Crippen molar-refractivity contribution in [1.82, 2.24) is 0 Å². The van der Waals surface area contributed by atoms with Crippen LogP contribution >= 0.6 is 7.75 Å². The molecule has 0 aliphatic heterocycles. The Morgan fingerprint density at radius 1 is 0.967 bits per heavy atom. The fourth-order valence-corrected chi connectivity index (χ4v) is 3.43. The Bertz CT molecular complexity index is 691. The monoisotopic (exact) mass is 472 g/mol. The zero-order chi connectivity index (χ0) is 23.2. The molecular formula is C16H21F8N2O3P. The number of benzene rings is 1. The number of hydrogen-bond donors (Lipinski definition) is 1. The normalized spacial score (nSPS) is 13.2. The largest absolute Gasteiger partial charge is 0.433 e. The van der Waals surface area contributed by atoms with Crippen LogP contribution in [0.5, 0.6) is 0 Å². The Hall–Kier alpha value is -1.59. The predicted molar refractivity (Wildman–Crippen MR) is 95.0 cm³/mol. The third-order valence-corrected chi connectivity index (χ3v) is 5.20. The summed E-state index contributed by atoms with van der Waals surface area (Å²) in [6.45, 7) is 0.409. The van der Waals surface area contributed by atoms with Crippen LogP contribution in [-0.2, 0) is 13.6 Å². The molecule has 14 heteroatoms. The Kier molecular flexibility index (Phi) is 9.37. The summed E-state index contributed by atoms with van der Waals surface area (Å²) in [6, 6.07) is 5.63. The second-order valence-corrected chi connectivity index (χ2v) is 7.74. The topological polar surface area (TPSA) is 50.8 Å². The van der Waals surface area contributed by atoms with Gasteiger partial charge in [0.25, 0.3) is 0 Å². The minimum atomic E-state index is -5.18. The van der Waals surface area contributed by atoms with E-state index >= 15 is 0 Å². The van der Waals surface area contributed by atoms with Crippen molar-refractivity contribution in [3.8, 4) is 0 Å². The van der Waals surface area contributed by atoms with E-state index in [0.29, 0.717) is 18.8 Å². The summed E-state index contributed by atoms with van der Waals surface area (Å²) in [5.41, 5.74) is 0.427. The molecule has 1 N–H and O–H groups in total. The molecule has 30 heavy (non-hydrogen) atoms. The van der Waals surface area contributed by atoms with Crippen LogP contribution in [0.4, 0.5) is 46.5 Å². The van der Waals surface area contributed by atoms with Crippen LogP contribution in [0.1, 0.15) is 13.8 Å². The van der Waals surface area contributed by atoms with Crippen LogP contribution in [-0.4, -0.2) is 51.0 Å². The molecule has 0 fully saturated rings. The molecule has 0 aliphatic carbocycles. The molecule has 0 aromatic heterocycles. The van der Waals surface area contributed by atoms with Gasteiger partial charge < -0.3 is 4.90 Å². The van der Waals surface area contributed by atoms with Crippen LogP contribution in [0, 0.1) is 0 Å². The Morgan fingerprint density at radius 3 is 1.83 bits per heavy atom. The Labute approximate surface area is 167 Å². The molecule has 1 aromatic carbocycles. The highest BCUT2D eigenvalue weighted by atomic mass is 31.2. The number of rotatable bonds is 13. The predicted octanol–water partition coefficient (Wildman–Crippen LogP) is 5.89. The third kappa shape index (κ3) is 7.59. The molecule has 0 saturated heterocycles. The zero-order valence-electron chi connectivity index (χ0n) is 15.9. The number of hydrogen-bond acceptors (Lipinski definition) is 4. The van der Waals surface area contributed by atoms with E-state index in [-0.39, 0.29) is 5.69 Å². The highest BCUT2D eigenvalue weighted by molar-refractivity contribution is 7.55. The van der Waals surface area contributed by atoms with Gasteiger partial charge in [-0.1, -0.05) is 6.07 Å². The van der Waals surface area contributed by atoms with Crippen LogP contribution < -0.4 is 9.99 Å². The lowest BCUT2D eigenvalue weighted by Crippen LogP contribution is -2.34. The fourth-order valence-electron chi connectivity index (χ4n) is 2.09. The van der Waals surface area contributed by atoms with Crippen molar-refractivity contribution in [2.75, 3.05) is 36.3 Å². The van der Waals surface area contributed by atoms with Crippen molar-refractivity contribution in [2.24, 2.45) is 0 Å². The fraction of sp³-hybridized carbons (Fsp3) is 0.625. The van der Waals surface area contributed by atoms with Crippen molar-refractivity contribution in [2.45, 2.75) is 38.5 Å². The summed E-state index contributed by atoms with van der Waals surface area (Å²) in [6.07, 6.45) is -8.42. The molecule has 0 bridgehead atoms. The molecule has 1 aromatic rings. The maximum Gasteiger partial charge on any atom is 0.433 e. The molecule has 0 amide bonds. The van der Waals surface area contributed by atoms with E-state index < -0.39 is 45.7 Å². The molecule has 174 valence electrons. The summed E-state index contributed by atoms with van der Waals surface area (Å²) < 4.78 is 123. The number of nitrogens with zero attached hydrogens (tertiary/aromatic N) is 1. The van der Waals surface area contributed by atoms with Gasteiger partial charge in [0.2, 0.25) is 0 Å². The second kappa shape index (κ2) is 10.6. The first kappa shape index (κ1) is 26.4. The highest BCUT2D eigenvalue weighted by Gasteiger charge is 2.47. The van der Waals surface area contributed by atoms with Crippen molar-refractivity contribution in [3.05, 3.63) is 24.3 Å². The summed E-state index contributed by atoms with van der Waals surface area (Å²) in [5, 5.41) is 1.95. The van der Waals surface area contributed by atoms with Gasteiger partial charge in [-0.3, -0.25) is 14.1 Å². The van der Waals surface area contributed by atoms with Gasteiger partial charge in [0, 0.05) is 24.5 Å². The molecule has 0 saturated carbocycles. The number of anilines is 2. The SMILES string of the molecule is CCN(CC)c1cccc(NP(=O)(OCC(F)(F)C(F)F)OCC(F)(F)C(F)F)c1. The maximum absolute atomic E-state index is 13.1. The zero-order valence-corrected chi connectivity index (χ0v) is 16.8. The minimum absolute atomic E-state index is 0.122. The van der Waals surface area contributed by atoms with Crippen molar-refractivity contribution in [1.29, 1.82) is 0 Å². The molecule has 0 spiro atoms. The van der Waals surface area contributed by atoms with Crippen molar-refractivity contribution < 1.29 is 48.7 Å². The van der Waals surface area contributed by atoms with Gasteiger partial charge >= 0.3 is 32.4 Å². The lowest BCUT2D eigenvalue weighted by atomic mass is 10.2. The number of nitrogens with one attached hydrogen (secondary N) is 1. The van der Waals surface area contributed by atoms with Crippen LogP contribution in [0.15, 0.2) is 24.3 Å². The van der Waals surface area contributed by atoms with E-state index in [1.165, 1.54) is 18.2 Å². The maximum atomic E-state index is 13.1. The second-order valence-electron chi connectivity index (χ2n) is 6.00. The van der Waals surface area contributed by atoms with E-state index in [2.05, 4.69) is 9.05 Å². The van der Waals surface area contributed by atoms with Crippen LogP contribution in [0.2, 0.25) is 0 Å². The smallest absolute Gasteiger partial charge is 0.372 e. The lowest BCUT2D eigenvalue weighted by Gasteiger charge is -2.26. The van der Waals surface area contributed by atoms with Gasteiger partial charge in [-0.05, 0) is 32.0 Å². The van der Waals surface area contributed by atoms with E-state index in [4.69, 9.17) is 0 Å². The molecule has 0 heterocycles. The molecule has 5 nitrogen and oxygen atoms in total. The first-order chi connectivity index (χ1) is 13.8. The van der Waals surface area contributed by atoms with Gasteiger partial charge in [0.05, 0.1) is 0 Å². The van der Waals surface area contributed by atoms with Gasteiger partial charge in [0.1, 0.15) is 13.2 Å². The van der Waals surface area contributed by atoms with Gasteiger partial charge in [-0.2, -0.15) is 17.6 Å². The summed E-state index contributed by atoms with van der Waals surface area (Å²) in [7, 11) is -5.18. The summed E-state index contributed by atoms with van der Waals surface area (Å²) in [4.78, 5) is 1.81. The molecule has 0 atom stereocenters. The third-order valence-electron chi connectivity index (χ3n) is 3.73. The van der Waals surface area contributed by atoms with Crippen molar-refractivity contribution in [3.63, 3.8) is 0 Å².